The van der Waals surface area contributed by atoms with Crippen molar-refractivity contribution in [3.63, 3.8) is 0 Å². The second kappa shape index (κ2) is 9.16. The van der Waals surface area contributed by atoms with Crippen LogP contribution in [0.5, 0.6) is 0 Å². The minimum atomic E-state index is -0.488. The van der Waals surface area contributed by atoms with Crippen molar-refractivity contribution in [2.45, 2.75) is 38.5 Å². The number of hydrogen-bond acceptors (Lipinski definition) is 7. The lowest BCUT2D eigenvalue weighted by molar-refractivity contribution is -0.122. The van der Waals surface area contributed by atoms with Gasteiger partial charge in [0, 0.05) is 48.7 Å². The number of aromatic amines is 2. The predicted molar refractivity (Wildman–Crippen MR) is 142 cm³/mol. The van der Waals surface area contributed by atoms with Gasteiger partial charge in [-0.3, -0.25) is 14.9 Å². The van der Waals surface area contributed by atoms with E-state index >= 15 is 4.39 Å². The molecule has 10 nitrogen and oxygen atoms in total. The number of halogens is 1. The molecule has 6 heterocycles. The number of piperidine rings is 1. The molecule has 0 bridgehead atoms. The molecule has 1 saturated heterocycles. The second-order valence-electron chi connectivity index (χ2n) is 10.0. The lowest BCUT2D eigenvalue weighted by atomic mass is 9.85. The van der Waals surface area contributed by atoms with E-state index in [4.69, 9.17) is 4.98 Å². The first-order valence-corrected chi connectivity index (χ1v) is 13.0. The average Bonchev–Trinajstić information content (AvgIpc) is 3.53. The summed E-state index contributed by atoms with van der Waals surface area (Å²) >= 11 is 0. The minimum Gasteiger partial charge on any atom is -0.355 e. The van der Waals surface area contributed by atoms with E-state index < -0.39 is 5.82 Å². The first-order chi connectivity index (χ1) is 18.7. The summed E-state index contributed by atoms with van der Waals surface area (Å²) in [4.78, 5) is 36.0. The third-order valence-corrected chi connectivity index (χ3v) is 7.59. The van der Waals surface area contributed by atoms with Crippen LogP contribution in [0.1, 0.15) is 38.5 Å². The second-order valence-corrected chi connectivity index (χ2v) is 10.0. The summed E-state index contributed by atoms with van der Waals surface area (Å²) in [5, 5.41) is 10.3. The molecule has 3 N–H and O–H groups in total. The Kier molecular flexibility index (Phi) is 5.49. The Morgan fingerprint density at radius 1 is 1.08 bits per heavy atom. The molecule has 0 unspecified atom stereocenters. The van der Waals surface area contributed by atoms with Crippen LogP contribution in [0.2, 0.25) is 0 Å². The van der Waals surface area contributed by atoms with Gasteiger partial charge in [0.2, 0.25) is 5.91 Å². The average molecular weight is 512 g/mol. The van der Waals surface area contributed by atoms with Gasteiger partial charge >= 0.3 is 0 Å². The van der Waals surface area contributed by atoms with Crippen molar-refractivity contribution < 1.29 is 9.18 Å². The summed E-state index contributed by atoms with van der Waals surface area (Å²) in [5.74, 6) is 0.824. The number of rotatable bonds is 5. The van der Waals surface area contributed by atoms with Crippen LogP contribution in [0.25, 0.3) is 44.7 Å². The summed E-state index contributed by atoms with van der Waals surface area (Å²) in [7, 11) is 0. The highest BCUT2D eigenvalue weighted by atomic mass is 19.1. The number of nitrogens with zero attached hydrogens (tertiary/aromatic N) is 6. The number of carbonyl (C=O) groups is 1. The van der Waals surface area contributed by atoms with Crippen molar-refractivity contribution in [2.24, 2.45) is 5.92 Å². The zero-order chi connectivity index (χ0) is 25.6. The summed E-state index contributed by atoms with van der Waals surface area (Å²) < 4.78 is 16.1. The molecule has 5 aromatic heterocycles. The van der Waals surface area contributed by atoms with Crippen LogP contribution in [0.3, 0.4) is 0 Å². The molecule has 7 rings (SSSR count). The molecule has 2 aliphatic rings. The molecule has 192 valence electrons. The highest BCUT2D eigenvalue weighted by molar-refractivity contribution is 5.96. The Morgan fingerprint density at radius 3 is 2.76 bits per heavy atom. The third-order valence-electron chi connectivity index (χ3n) is 7.59. The number of aromatic nitrogens is 7. The highest BCUT2D eigenvalue weighted by Gasteiger charge is 2.26. The van der Waals surface area contributed by atoms with Crippen molar-refractivity contribution in [1.82, 2.24) is 35.1 Å². The monoisotopic (exact) mass is 511 g/mol. The third kappa shape index (κ3) is 3.85. The van der Waals surface area contributed by atoms with Gasteiger partial charge in [0.25, 0.3) is 0 Å². The largest absolute Gasteiger partial charge is 0.355 e. The van der Waals surface area contributed by atoms with Crippen molar-refractivity contribution >= 4 is 39.5 Å². The first-order valence-electron chi connectivity index (χ1n) is 13.0. The van der Waals surface area contributed by atoms with Gasteiger partial charge in [-0.25, -0.2) is 19.3 Å². The van der Waals surface area contributed by atoms with Crippen LogP contribution in [0.4, 0.5) is 15.9 Å². The number of anilines is 2. The molecule has 1 aliphatic carbocycles. The molecule has 2 fully saturated rings. The van der Waals surface area contributed by atoms with Gasteiger partial charge in [0.15, 0.2) is 17.3 Å². The molecule has 38 heavy (non-hydrogen) atoms. The van der Waals surface area contributed by atoms with E-state index in [0.29, 0.717) is 22.8 Å². The zero-order valence-electron chi connectivity index (χ0n) is 20.7. The predicted octanol–water partition coefficient (Wildman–Crippen LogP) is 4.83. The molecular formula is C27H26FN9O. The van der Waals surface area contributed by atoms with Crippen LogP contribution < -0.4 is 10.2 Å². The maximum Gasteiger partial charge on any atom is 0.227 e. The van der Waals surface area contributed by atoms with Gasteiger partial charge in [0.05, 0.1) is 22.8 Å². The molecule has 5 aromatic rings. The fourth-order valence-corrected chi connectivity index (χ4v) is 5.27. The number of hydrogen-bond donors (Lipinski definition) is 3. The van der Waals surface area contributed by atoms with Gasteiger partial charge in [-0.05, 0) is 44.2 Å². The van der Waals surface area contributed by atoms with E-state index in [1.54, 1.807) is 24.7 Å². The van der Waals surface area contributed by atoms with Gasteiger partial charge < -0.3 is 15.2 Å². The summed E-state index contributed by atoms with van der Waals surface area (Å²) in [6, 6.07) is 3.58. The van der Waals surface area contributed by atoms with Crippen molar-refractivity contribution in [1.29, 1.82) is 0 Å². The Labute approximate surface area is 217 Å². The van der Waals surface area contributed by atoms with E-state index in [-0.39, 0.29) is 28.4 Å². The number of amides is 1. The zero-order valence-corrected chi connectivity index (χ0v) is 20.7. The topological polar surface area (TPSA) is 128 Å². The quantitative estimate of drug-likeness (QED) is 0.308. The molecule has 11 heteroatoms. The van der Waals surface area contributed by atoms with E-state index in [9.17, 15) is 4.79 Å². The van der Waals surface area contributed by atoms with Crippen molar-refractivity contribution in [3.8, 4) is 22.6 Å². The van der Waals surface area contributed by atoms with Crippen LogP contribution in [0, 0.1) is 11.7 Å². The molecule has 0 spiro atoms. The van der Waals surface area contributed by atoms with Crippen molar-refractivity contribution in [3.05, 3.63) is 42.7 Å². The van der Waals surface area contributed by atoms with Crippen LogP contribution in [-0.4, -0.2) is 54.1 Å². The fraction of sp³-hybridized carbons (Fsp3) is 0.333. The van der Waals surface area contributed by atoms with E-state index in [1.807, 2.05) is 6.07 Å². The van der Waals surface area contributed by atoms with E-state index in [0.717, 1.165) is 62.0 Å². The first kappa shape index (κ1) is 22.8. The summed E-state index contributed by atoms with van der Waals surface area (Å²) in [6.45, 7) is 1.88. The van der Waals surface area contributed by atoms with Gasteiger partial charge in [-0.1, -0.05) is 6.42 Å². The number of pyridine rings is 3. The minimum absolute atomic E-state index is 0.0235. The molecule has 0 radical (unpaired) electrons. The summed E-state index contributed by atoms with van der Waals surface area (Å²) in [6.07, 6.45) is 12.7. The Hall–Kier alpha value is -4.41. The van der Waals surface area contributed by atoms with Crippen LogP contribution in [0.15, 0.2) is 36.9 Å². The Balaban J connectivity index is 1.27. The van der Waals surface area contributed by atoms with Crippen molar-refractivity contribution in [2.75, 3.05) is 23.3 Å². The Morgan fingerprint density at radius 2 is 1.95 bits per heavy atom. The van der Waals surface area contributed by atoms with Gasteiger partial charge in [-0.15, -0.1) is 0 Å². The molecular weight excluding hydrogens is 485 g/mol. The van der Waals surface area contributed by atoms with E-state index in [1.165, 1.54) is 12.6 Å². The highest BCUT2D eigenvalue weighted by Crippen LogP contribution is 2.35. The van der Waals surface area contributed by atoms with Gasteiger partial charge in [0.1, 0.15) is 17.0 Å². The number of nitrogens with one attached hydrogen (secondary N) is 3. The summed E-state index contributed by atoms with van der Waals surface area (Å²) in [5.41, 5.74) is 3.53. The number of imidazole rings is 1. The smallest absolute Gasteiger partial charge is 0.227 e. The molecule has 0 aromatic carbocycles. The molecule has 1 aliphatic heterocycles. The maximum atomic E-state index is 16.1. The van der Waals surface area contributed by atoms with Gasteiger partial charge in [-0.2, -0.15) is 5.10 Å². The Bertz CT molecular complexity index is 1670. The molecule has 0 atom stereocenters. The number of fused-ring (bicyclic) bond motifs is 2. The normalized spacial score (nSPS) is 16.2. The fourth-order valence-electron chi connectivity index (χ4n) is 5.27. The lowest BCUT2D eigenvalue weighted by Gasteiger charge is -2.27. The maximum absolute atomic E-state index is 16.1. The van der Waals surface area contributed by atoms with Crippen LogP contribution in [-0.2, 0) is 4.79 Å². The lowest BCUT2D eigenvalue weighted by Crippen LogP contribution is -2.30. The molecule has 1 amide bonds. The number of carbonyl (C=O) groups excluding carboxylic acids is 1. The number of H-pyrrole nitrogens is 2. The van der Waals surface area contributed by atoms with Crippen LogP contribution >= 0.6 is 0 Å². The standard InChI is InChI=1S/C27H26FN9O/c28-21-18(16-11-17(13-29-12-16)32-27(38)15-5-4-6-15)14-31-24-20(21)23(35-36-24)25-33-19-7-8-30-26(22(19)34-25)37-9-2-1-3-10-37/h7-8,11-15H,1-6,9-10H2,(H,32,38)(H,33,34)(H,31,35,36). The SMILES string of the molecule is O=C(Nc1cncc(-c2cnc3n[nH]c(-c4nc5c(N6CCCCC6)nccc5[nH]4)c3c2F)c1)C1CCC1. The van der Waals surface area contributed by atoms with E-state index in [2.05, 4.69) is 40.3 Å². The molecule has 1 saturated carbocycles.